The summed E-state index contributed by atoms with van der Waals surface area (Å²) in [5.74, 6) is -0.674. The summed E-state index contributed by atoms with van der Waals surface area (Å²) >= 11 is 0. The van der Waals surface area contributed by atoms with Gasteiger partial charge in [0.05, 0.1) is 25.4 Å². The van der Waals surface area contributed by atoms with Crippen molar-refractivity contribution in [3.05, 3.63) is 42.5 Å². The number of benzene rings is 1. The summed E-state index contributed by atoms with van der Waals surface area (Å²) in [6.45, 7) is 5.47. The van der Waals surface area contributed by atoms with Crippen LogP contribution in [0.4, 0.5) is 0 Å². The molecule has 1 saturated carbocycles. The van der Waals surface area contributed by atoms with Crippen molar-refractivity contribution < 1.29 is 38.1 Å². The average molecular weight is 461 g/mol. The van der Waals surface area contributed by atoms with Crippen molar-refractivity contribution in [3.8, 4) is 5.75 Å². The highest BCUT2D eigenvalue weighted by Crippen LogP contribution is 2.29. The molecule has 0 unspecified atom stereocenters. The van der Waals surface area contributed by atoms with E-state index < -0.39 is 17.9 Å². The standard InChI is InChI=1S/C25H32O8/c1-3-22(26)31-16-17-32-24(28)13-12-23(27)30-15-14-19-6-10-21(11-7-19)33-25(29)20-8-4-18(2)5-9-20/h3,6-7,10-11,18,20H,1,4-5,8-9,12-17H2,2H3. The van der Waals surface area contributed by atoms with Crippen LogP contribution in [-0.2, 0) is 39.8 Å². The van der Waals surface area contributed by atoms with Crippen molar-refractivity contribution in [2.24, 2.45) is 11.8 Å². The minimum atomic E-state index is -0.598. The van der Waals surface area contributed by atoms with Crippen LogP contribution in [0.5, 0.6) is 5.75 Å². The van der Waals surface area contributed by atoms with Crippen LogP contribution >= 0.6 is 0 Å². The van der Waals surface area contributed by atoms with E-state index >= 15 is 0 Å². The minimum Gasteiger partial charge on any atom is -0.465 e. The van der Waals surface area contributed by atoms with Gasteiger partial charge in [-0.3, -0.25) is 14.4 Å². The smallest absolute Gasteiger partial charge is 0.330 e. The third-order valence-corrected chi connectivity index (χ3v) is 5.44. The zero-order valence-corrected chi connectivity index (χ0v) is 19.1. The number of carbonyl (C=O) groups is 4. The molecule has 0 amide bonds. The van der Waals surface area contributed by atoms with Gasteiger partial charge in [0.15, 0.2) is 0 Å². The Morgan fingerprint density at radius 3 is 2.06 bits per heavy atom. The number of esters is 4. The van der Waals surface area contributed by atoms with E-state index in [1.807, 2.05) is 12.1 Å². The first kappa shape index (κ1) is 26.1. The number of rotatable bonds is 12. The number of ether oxygens (including phenoxy) is 4. The van der Waals surface area contributed by atoms with Gasteiger partial charge in [0.1, 0.15) is 19.0 Å². The molecule has 33 heavy (non-hydrogen) atoms. The Hall–Kier alpha value is -3.16. The van der Waals surface area contributed by atoms with Gasteiger partial charge >= 0.3 is 23.9 Å². The molecule has 0 heterocycles. The molecule has 0 radical (unpaired) electrons. The van der Waals surface area contributed by atoms with Crippen LogP contribution in [0.2, 0.25) is 0 Å². The SMILES string of the molecule is C=CC(=O)OCCOC(=O)CCC(=O)OCCc1ccc(OC(=O)C2CCC(C)CC2)cc1. The van der Waals surface area contributed by atoms with Crippen molar-refractivity contribution in [2.75, 3.05) is 19.8 Å². The lowest BCUT2D eigenvalue weighted by atomic mass is 9.83. The highest BCUT2D eigenvalue weighted by molar-refractivity contribution is 5.81. The molecule has 0 atom stereocenters. The number of hydrogen-bond donors (Lipinski definition) is 0. The van der Waals surface area contributed by atoms with Crippen LogP contribution in [0.1, 0.15) is 51.0 Å². The maximum atomic E-state index is 12.3. The second kappa shape index (κ2) is 14.1. The fourth-order valence-electron chi connectivity index (χ4n) is 3.41. The van der Waals surface area contributed by atoms with E-state index in [1.165, 1.54) is 0 Å². The molecule has 1 aliphatic carbocycles. The lowest BCUT2D eigenvalue weighted by Gasteiger charge is -2.24. The highest BCUT2D eigenvalue weighted by Gasteiger charge is 2.25. The van der Waals surface area contributed by atoms with Crippen LogP contribution < -0.4 is 4.74 Å². The summed E-state index contributed by atoms with van der Waals surface area (Å²) < 4.78 is 20.2. The summed E-state index contributed by atoms with van der Waals surface area (Å²) in [6, 6.07) is 7.14. The normalized spacial score (nSPS) is 17.5. The molecule has 8 nitrogen and oxygen atoms in total. The minimum absolute atomic E-state index is 0.0210. The molecule has 180 valence electrons. The molecule has 0 bridgehead atoms. The zero-order chi connectivity index (χ0) is 24.1. The maximum absolute atomic E-state index is 12.3. The van der Waals surface area contributed by atoms with Gasteiger partial charge < -0.3 is 18.9 Å². The fourth-order valence-corrected chi connectivity index (χ4v) is 3.41. The molecule has 0 aliphatic heterocycles. The van der Waals surface area contributed by atoms with E-state index in [1.54, 1.807) is 12.1 Å². The largest absolute Gasteiger partial charge is 0.465 e. The number of carbonyl (C=O) groups excluding carboxylic acids is 4. The van der Waals surface area contributed by atoms with E-state index in [4.69, 9.17) is 14.2 Å². The Bertz CT molecular complexity index is 806. The molecule has 0 spiro atoms. The van der Waals surface area contributed by atoms with Crippen molar-refractivity contribution in [3.63, 3.8) is 0 Å². The fraction of sp³-hybridized carbons (Fsp3) is 0.520. The van der Waals surface area contributed by atoms with Crippen LogP contribution in [0.3, 0.4) is 0 Å². The van der Waals surface area contributed by atoms with E-state index in [9.17, 15) is 19.2 Å². The third-order valence-electron chi connectivity index (χ3n) is 5.44. The van der Waals surface area contributed by atoms with Crippen molar-refractivity contribution in [2.45, 2.75) is 51.9 Å². The highest BCUT2D eigenvalue weighted by atomic mass is 16.6. The Balaban J connectivity index is 1.58. The monoisotopic (exact) mass is 460 g/mol. The molecule has 0 saturated heterocycles. The summed E-state index contributed by atoms with van der Waals surface area (Å²) in [7, 11) is 0. The first-order chi connectivity index (χ1) is 15.9. The molecule has 1 fully saturated rings. The van der Waals surface area contributed by atoms with Crippen molar-refractivity contribution >= 4 is 23.9 Å². The Labute approximate surface area is 194 Å². The van der Waals surface area contributed by atoms with E-state index in [0.717, 1.165) is 37.3 Å². The van der Waals surface area contributed by atoms with Gasteiger partial charge in [-0.25, -0.2) is 4.79 Å². The molecular formula is C25H32O8. The van der Waals surface area contributed by atoms with Crippen molar-refractivity contribution in [1.29, 1.82) is 0 Å². The molecule has 1 aromatic rings. The molecule has 8 heteroatoms. The predicted molar refractivity (Wildman–Crippen MR) is 119 cm³/mol. The van der Waals surface area contributed by atoms with Crippen LogP contribution in [0.15, 0.2) is 36.9 Å². The molecular weight excluding hydrogens is 428 g/mol. The summed E-state index contributed by atoms with van der Waals surface area (Å²) in [6.07, 6.45) is 5.18. The first-order valence-electron chi connectivity index (χ1n) is 11.3. The molecule has 1 aromatic carbocycles. The van der Waals surface area contributed by atoms with Crippen LogP contribution in [0.25, 0.3) is 0 Å². The van der Waals surface area contributed by atoms with Crippen LogP contribution in [-0.4, -0.2) is 43.7 Å². The van der Waals surface area contributed by atoms with Gasteiger partial charge in [-0.15, -0.1) is 0 Å². The lowest BCUT2D eigenvalue weighted by Crippen LogP contribution is -2.24. The Morgan fingerprint density at radius 1 is 0.879 bits per heavy atom. The van der Waals surface area contributed by atoms with Crippen LogP contribution in [0, 0.1) is 11.8 Å². The second-order valence-corrected chi connectivity index (χ2v) is 8.08. The topological polar surface area (TPSA) is 105 Å². The van der Waals surface area contributed by atoms with E-state index in [2.05, 4.69) is 18.2 Å². The summed E-state index contributed by atoms with van der Waals surface area (Å²) in [5, 5.41) is 0. The predicted octanol–water partition coefficient (Wildman–Crippen LogP) is 3.56. The molecule has 2 rings (SSSR count). The van der Waals surface area contributed by atoms with Gasteiger partial charge in [0.2, 0.25) is 0 Å². The lowest BCUT2D eigenvalue weighted by molar-refractivity contribution is -0.152. The van der Waals surface area contributed by atoms with E-state index in [0.29, 0.717) is 18.1 Å². The number of hydrogen-bond acceptors (Lipinski definition) is 8. The molecule has 0 aromatic heterocycles. The van der Waals surface area contributed by atoms with Gasteiger partial charge in [-0.1, -0.05) is 25.6 Å². The quantitative estimate of drug-likeness (QED) is 0.153. The average Bonchev–Trinajstić information content (AvgIpc) is 2.81. The van der Waals surface area contributed by atoms with Gasteiger partial charge in [-0.2, -0.15) is 0 Å². The first-order valence-corrected chi connectivity index (χ1v) is 11.3. The van der Waals surface area contributed by atoms with Gasteiger partial charge in [-0.05, 0) is 49.3 Å². The van der Waals surface area contributed by atoms with Gasteiger partial charge in [0, 0.05) is 12.5 Å². The van der Waals surface area contributed by atoms with Gasteiger partial charge in [0.25, 0.3) is 0 Å². The molecule has 0 N–H and O–H groups in total. The summed E-state index contributed by atoms with van der Waals surface area (Å²) in [5.41, 5.74) is 0.933. The Kier molecular flexibility index (Phi) is 11.1. The second-order valence-electron chi connectivity index (χ2n) is 8.08. The Morgan fingerprint density at radius 2 is 1.45 bits per heavy atom. The zero-order valence-electron chi connectivity index (χ0n) is 19.1. The molecule has 1 aliphatic rings. The maximum Gasteiger partial charge on any atom is 0.330 e. The summed E-state index contributed by atoms with van der Waals surface area (Å²) in [4.78, 5) is 46.5. The van der Waals surface area contributed by atoms with E-state index in [-0.39, 0.29) is 44.5 Å². The van der Waals surface area contributed by atoms with Crippen molar-refractivity contribution in [1.82, 2.24) is 0 Å². The third kappa shape index (κ3) is 10.3.